The number of carbonyl (C=O) groups is 1. The van der Waals surface area contributed by atoms with Gasteiger partial charge in [0.1, 0.15) is 5.60 Å². The molecule has 0 spiro atoms. The average Bonchev–Trinajstić information content (AvgIpc) is 2.19. The number of rotatable bonds is 4. The van der Waals surface area contributed by atoms with Gasteiger partial charge in [-0.3, -0.25) is 10.1 Å². The van der Waals surface area contributed by atoms with Gasteiger partial charge in [0.25, 0.3) is 0 Å². The fraction of sp³-hybridized carbons (Fsp3) is 0.364. The molecule has 1 N–H and O–H groups in total. The molecule has 0 aliphatic rings. The molecule has 14 heavy (non-hydrogen) atoms. The molecule has 0 heterocycles. The predicted molar refractivity (Wildman–Crippen MR) is 53.2 cm³/mol. The lowest BCUT2D eigenvalue weighted by molar-refractivity contribution is -0.310. The molecule has 1 aromatic rings. The fourth-order valence-electron chi connectivity index (χ4n) is 1.15. The van der Waals surface area contributed by atoms with Crippen molar-refractivity contribution in [1.82, 2.24) is 0 Å². The molecule has 1 rings (SSSR count). The molecular weight excluding hydrogens is 180 g/mol. The number of ketones is 1. The Kier molecular flexibility index (Phi) is 3.38. The highest BCUT2D eigenvalue weighted by molar-refractivity contribution is 5.96. The molecule has 0 bridgehead atoms. The van der Waals surface area contributed by atoms with Crippen LogP contribution in [0.25, 0.3) is 0 Å². The molecule has 1 aromatic carbocycles. The third-order valence-electron chi connectivity index (χ3n) is 1.93. The van der Waals surface area contributed by atoms with Crippen LogP contribution in [0.4, 0.5) is 0 Å². The zero-order chi connectivity index (χ0) is 10.6. The van der Waals surface area contributed by atoms with Crippen LogP contribution in [0, 0.1) is 0 Å². The van der Waals surface area contributed by atoms with Crippen molar-refractivity contribution in [3.8, 4) is 0 Å². The van der Waals surface area contributed by atoms with Crippen LogP contribution in [0.1, 0.15) is 30.6 Å². The Hall–Kier alpha value is -1.19. The van der Waals surface area contributed by atoms with E-state index in [9.17, 15) is 4.79 Å². The van der Waals surface area contributed by atoms with Gasteiger partial charge in [-0.25, -0.2) is 4.89 Å². The van der Waals surface area contributed by atoms with Gasteiger partial charge in [-0.05, 0) is 13.8 Å². The van der Waals surface area contributed by atoms with Crippen molar-refractivity contribution in [3.63, 3.8) is 0 Å². The molecule has 0 aromatic heterocycles. The summed E-state index contributed by atoms with van der Waals surface area (Å²) in [5.74, 6) is -0.0374. The first-order valence-electron chi connectivity index (χ1n) is 4.46. The maximum Gasteiger partial charge on any atom is 0.165 e. The second kappa shape index (κ2) is 4.35. The molecule has 0 unspecified atom stereocenters. The molecule has 0 amide bonds. The maximum absolute atomic E-state index is 11.6. The third-order valence-corrected chi connectivity index (χ3v) is 1.93. The molecule has 0 aliphatic carbocycles. The van der Waals surface area contributed by atoms with Crippen molar-refractivity contribution in [2.75, 3.05) is 0 Å². The summed E-state index contributed by atoms with van der Waals surface area (Å²) < 4.78 is 0. The minimum atomic E-state index is -0.826. The number of carbonyl (C=O) groups excluding carboxylic acids is 1. The SMILES string of the molecule is CC(C)(CC(=O)c1ccccc1)OO. The van der Waals surface area contributed by atoms with Gasteiger partial charge in [0, 0.05) is 12.0 Å². The van der Waals surface area contributed by atoms with E-state index in [1.54, 1.807) is 38.1 Å². The molecule has 0 atom stereocenters. The van der Waals surface area contributed by atoms with E-state index in [0.29, 0.717) is 5.56 Å². The standard InChI is InChI=1S/C11H14O3/c1-11(2,14-13)8-10(12)9-6-4-3-5-7-9/h3-7,13H,8H2,1-2H3. The Morgan fingerprint density at radius 3 is 2.43 bits per heavy atom. The smallest absolute Gasteiger partial charge is 0.165 e. The van der Waals surface area contributed by atoms with Gasteiger partial charge >= 0.3 is 0 Å². The first-order valence-corrected chi connectivity index (χ1v) is 4.46. The lowest BCUT2D eigenvalue weighted by Crippen LogP contribution is -2.26. The zero-order valence-corrected chi connectivity index (χ0v) is 8.36. The molecule has 0 saturated heterocycles. The quantitative estimate of drug-likeness (QED) is 0.455. The lowest BCUT2D eigenvalue weighted by Gasteiger charge is -2.18. The molecular formula is C11H14O3. The highest BCUT2D eigenvalue weighted by Crippen LogP contribution is 2.16. The second-order valence-electron chi connectivity index (χ2n) is 3.82. The van der Waals surface area contributed by atoms with E-state index in [2.05, 4.69) is 4.89 Å². The van der Waals surface area contributed by atoms with Gasteiger partial charge in [0.05, 0.1) is 0 Å². The number of hydrogen-bond donors (Lipinski definition) is 1. The Bertz CT molecular complexity index is 304. The summed E-state index contributed by atoms with van der Waals surface area (Å²) in [6, 6.07) is 8.95. The summed E-state index contributed by atoms with van der Waals surface area (Å²) in [6.07, 6.45) is 0.160. The zero-order valence-electron chi connectivity index (χ0n) is 8.36. The Balaban J connectivity index is 2.69. The molecule has 0 radical (unpaired) electrons. The molecule has 3 heteroatoms. The average molecular weight is 194 g/mol. The van der Waals surface area contributed by atoms with E-state index < -0.39 is 5.60 Å². The monoisotopic (exact) mass is 194 g/mol. The van der Waals surface area contributed by atoms with Crippen LogP contribution in [-0.4, -0.2) is 16.6 Å². The summed E-state index contributed by atoms with van der Waals surface area (Å²) in [4.78, 5) is 15.8. The van der Waals surface area contributed by atoms with E-state index in [1.165, 1.54) is 0 Å². The van der Waals surface area contributed by atoms with Crippen LogP contribution in [0.2, 0.25) is 0 Å². The fourth-order valence-corrected chi connectivity index (χ4v) is 1.15. The second-order valence-corrected chi connectivity index (χ2v) is 3.82. The maximum atomic E-state index is 11.6. The van der Waals surface area contributed by atoms with E-state index in [4.69, 9.17) is 5.26 Å². The number of Topliss-reactive ketones (excluding diaryl/α,β-unsaturated/α-hetero) is 1. The summed E-state index contributed by atoms with van der Waals surface area (Å²) in [7, 11) is 0. The van der Waals surface area contributed by atoms with E-state index in [1.807, 2.05) is 6.07 Å². The lowest BCUT2D eigenvalue weighted by atomic mass is 9.98. The van der Waals surface area contributed by atoms with Crippen LogP contribution in [-0.2, 0) is 4.89 Å². The summed E-state index contributed by atoms with van der Waals surface area (Å²) in [5, 5.41) is 8.54. The normalized spacial score (nSPS) is 11.4. The van der Waals surface area contributed by atoms with Crippen LogP contribution in [0.5, 0.6) is 0 Å². The summed E-state index contributed by atoms with van der Waals surface area (Å²) in [6.45, 7) is 3.32. The third kappa shape index (κ3) is 2.94. The molecule has 0 fully saturated rings. The minimum Gasteiger partial charge on any atom is -0.294 e. The van der Waals surface area contributed by atoms with Gasteiger partial charge in [-0.2, -0.15) is 0 Å². The van der Waals surface area contributed by atoms with Crippen LogP contribution >= 0.6 is 0 Å². The van der Waals surface area contributed by atoms with E-state index >= 15 is 0 Å². The van der Waals surface area contributed by atoms with Crippen molar-refractivity contribution in [1.29, 1.82) is 0 Å². The topological polar surface area (TPSA) is 46.5 Å². The summed E-state index contributed by atoms with van der Waals surface area (Å²) in [5.41, 5.74) is -0.190. The Labute approximate surface area is 83.3 Å². The highest BCUT2D eigenvalue weighted by Gasteiger charge is 2.23. The van der Waals surface area contributed by atoms with Crippen molar-refractivity contribution < 1.29 is 14.9 Å². The highest BCUT2D eigenvalue weighted by atomic mass is 17.1. The first kappa shape index (κ1) is 10.9. The van der Waals surface area contributed by atoms with E-state index in [-0.39, 0.29) is 12.2 Å². The van der Waals surface area contributed by atoms with Crippen molar-refractivity contribution in [2.24, 2.45) is 0 Å². The van der Waals surface area contributed by atoms with Crippen LogP contribution in [0.3, 0.4) is 0 Å². The van der Waals surface area contributed by atoms with Gasteiger partial charge in [0.15, 0.2) is 5.78 Å². The van der Waals surface area contributed by atoms with E-state index in [0.717, 1.165) is 0 Å². The van der Waals surface area contributed by atoms with Crippen molar-refractivity contribution in [3.05, 3.63) is 35.9 Å². The van der Waals surface area contributed by atoms with Crippen LogP contribution in [0.15, 0.2) is 30.3 Å². The predicted octanol–water partition coefficient (Wildman–Crippen LogP) is 2.53. The van der Waals surface area contributed by atoms with Crippen molar-refractivity contribution in [2.45, 2.75) is 25.9 Å². The molecule has 0 saturated carbocycles. The number of benzene rings is 1. The van der Waals surface area contributed by atoms with Gasteiger partial charge in [0.2, 0.25) is 0 Å². The van der Waals surface area contributed by atoms with Gasteiger partial charge in [-0.15, -0.1) is 0 Å². The van der Waals surface area contributed by atoms with Crippen LogP contribution < -0.4 is 0 Å². The van der Waals surface area contributed by atoms with Crippen molar-refractivity contribution >= 4 is 5.78 Å². The Morgan fingerprint density at radius 1 is 1.36 bits per heavy atom. The largest absolute Gasteiger partial charge is 0.294 e. The first-order chi connectivity index (χ1) is 6.55. The number of hydrogen-bond acceptors (Lipinski definition) is 3. The molecule has 0 aliphatic heterocycles. The summed E-state index contributed by atoms with van der Waals surface area (Å²) >= 11 is 0. The minimum absolute atomic E-state index is 0.0374. The van der Waals surface area contributed by atoms with Gasteiger partial charge < -0.3 is 0 Å². The van der Waals surface area contributed by atoms with Gasteiger partial charge in [-0.1, -0.05) is 30.3 Å². The Morgan fingerprint density at radius 2 is 1.93 bits per heavy atom. The molecule has 3 nitrogen and oxygen atoms in total. The molecule has 76 valence electrons.